The van der Waals surface area contributed by atoms with Gasteiger partial charge in [0.15, 0.2) is 5.82 Å². The highest BCUT2D eigenvalue weighted by Crippen LogP contribution is 2.29. The van der Waals surface area contributed by atoms with Crippen molar-refractivity contribution >= 4 is 21.7 Å². The number of benzene rings is 2. The van der Waals surface area contributed by atoms with E-state index in [1.165, 1.54) is 48.7 Å². The Balaban J connectivity index is 1.62. The van der Waals surface area contributed by atoms with Crippen LogP contribution in [0.3, 0.4) is 0 Å². The van der Waals surface area contributed by atoms with Crippen molar-refractivity contribution in [1.29, 1.82) is 0 Å². The van der Waals surface area contributed by atoms with Crippen LogP contribution in [-0.4, -0.2) is 19.5 Å². The normalized spacial score (nSPS) is 11.8. The van der Waals surface area contributed by atoms with E-state index in [1.807, 2.05) is 0 Å². The highest BCUT2D eigenvalue weighted by Gasteiger charge is 2.29. The van der Waals surface area contributed by atoms with E-state index in [1.54, 1.807) is 0 Å². The summed E-state index contributed by atoms with van der Waals surface area (Å²) in [5.41, 5.74) is -0.0942. The molecule has 29 heavy (non-hydrogen) atoms. The lowest BCUT2D eigenvalue weighted by Crippen LogP contribution is -2.23. The quantitative estimate of drug-likeness (QED) is 0.630. The summed E-state index contributed by atoms with van der Waals surface area (Å²) in [5, 5.41) is 6.01. The van der Waals surface area contributed by atoms with Gasteiger partial charge >= 0.3 is 6.18 Å². The molecule has 0 saturated carbocycles. The maximum atomic E-state index is 12.6. The summed E-state index contributed by atoms with van der Waals surface area (Å²) in [6.45, 7) is 0.0186. The summed E-state index contributed by atoms with van der Waals surface area (Å²) < 4.78 is 68.8. The number of nitrogens with zero attached hydrogens (tertiary/aromatic N) is 1. The second-order valence-electron chi connectivity index (χ2n) is 5.89. The molecule has 1 amide bonds. The van der Waals surface area contributed by atoms with E-state index < -0.39 is 27.7 Å². The van der Waals surface area contributed by atoms with Crippen LogP contribution in [0.25, 0.3) is 0 Å². The molecular weight excluding hydrogens is 411 g/mol. The number of anilines is 1. The molecule has 1 heterocycles. The van der Waals surface area contributed by atoms with Crippen molar-refractivity contribution < 1.29 is 30.9 Å². The number of halogens is 3. The zero-order chi connectivity index (χ0) is 21.1. The van der Waals surface area contributed by atoms with Crippen LogP contribution in [-0.2, 0) is 22.7 Å². The fourth-order valence-electron chi connectivity index (χ4n) is 2.34. The molecule has 152 valence electrons. The van der Waals surface area contributed by atoms with Crippen LogP contribution in [0.1, 0.15) is 21.5 Å². The molecule has 11 heteroatoms. The lowest BCUT2D eigenvalue weighted by Gasteiger charge is -2.09. The molecule has 0 aliphatic carbocycles. The Labute approximate surface area is 163 Å². The first-order valence-corrected chi connectivity index (χ1v) is 9.61. The number of rotatable bonds is 6. The third kappa shape index (κ3) is 5.13. The van der Waals surface area contributed by atoms with Gasteiger partial charge in [-0.05, 0) is 42.0 Å². The van der Waals surface area contributed by atoms with Crippen molar-refractivity contribution in [3.05, 3.63) is 77.6 Å². The predicted octanol–water partition coefficient (Wildman–Crippen LogP) is 3.42. The van der Waals surface area contributed by atoms with Crippen molar-refractivity contribution in [3.63, 3.8) is 0 Å². The second-order valence-corrected chi connectivity index (χ2v) is 7.57. The largest absolute Gasteiger partial charge is 0.416 e. The predicted molar refractivity (Wildman–Crippen MR) is 96.4 cm³/mol. The Hall–Kier alpha value is -3.34. The van der Waals surface area contributed by atoms with Crippen molar-refractivity contribution in [2.24, 2.45) is 0 Å². The van der Waals surface area contributed by atoms with E-state index in [0.717, 1.165) is 12.1 Å². The van der Waals surface area contributed by atoms with Crippen LogP contribution < -0.4 is 10.0 Å². The summed E-state index contributed by atoms with van der Waals surface area (Å²) >= 11 is 0. The summed E-state index contributed by atoms with van der Waals surface area (Å²) in [5.74, 6) is -0.485. The Morgan fingerprint density at radius 2 is 1.66 bits per heavy atom. The van der Waals surface area contributed by atoms with Gasteiger partial charge in [-0.1, -0.05) is 17.3 Å². The minimum Gasteiger partial charge on any atom is -0.363 e. The zero-order valence-electron chi connectivity index (χ0n) is 14.6. The molecule has 0 unspecified atom stereocenters. The van der Waals surface area contributed by atoms with Gasteiger partial charge in [0.1, 0.15) is 6.26 Å². The van der Waals surface area contributed by atoms with E-state index in [4.69, 9.17) is 0 Å². The summed E-state index contributed by atoms with van der Waals surface area (Å²) in [4.78, 5) is 12.1. The number of aromatic nitrogens is 1. The van der Waals surface area contributed by atoms with Gasteiger partial charge in [0, 0.05) is 18.2 Å². The smallest absolute Gasteiger partial charge is 0.363 e. The second kappa shape index (κ2) is 7.95. The fraction of sp³-hybridized carbons (Fsp3) is 0.111. The number of hydrogen-bond acceptors (Lipinski definition) is 5. The molecule has 0 spiro atoms. The molecule has 2 aromatic carbocycles. The van der Waals surface area contributed by atoms with Gasteiger partial charge in [0.2, 0.25) is 0 Å². The van der Waals surface area contributed by atoms with Crippen molar-refractivity contribution in [1.82, 2.24) is 10.5 Å². The number of hydrogen-bond donors (Lipinski definition) is 2. The molecule has 3 rings (SSSR count). The monoisotopic (exact) mass is 425 g/mol. The average Bonchev–Trinajstić information content (AvgIpc) is 3.18. The summed E-state index contributed by atoms with van der Waals surface area (Å²) in [7, 11) is -3.89. The Bertz CT molecular complexity index is 1080. The van der Waals surface area contributed by atoms with Crippen molar-refractivity contribution in [2.45, 2.75) is 17.6 Å². The fourth-order valence-corrected chi connectivity index (χ4v) is 3.34. The standard InChI is InChI=1S/C18H14F3N3O4S/c19-18(20,21)14-5-1-12(2-6-14)11-22-17(25)13-3-7-15(8-4-13)29(26,27)24-16-9-10-28-23-16/h1-10H,11H2,(H,22,25)(H,23,24). The SMILES string of the molecule is O=C(NCc1ccc(C(F)(F)F)cc1)c1ccc(S(=O)(=O)Nc2ccon2)cc1. The zero-order valence-corrected chi connectivity index (χ0v) is 15.4. The van der Waals surface area contributed by atoms with E-state index in [9.17, 15) is 26.4 Å². The summed E-state index contributed by atoms with van der Waals surface area (Å²) in [6, 6.07) is 10.9. The van der Waals surface area contributed by atoms with Crippen LogP contribution in [0.4, 0.5) is 19.0 Å². The topological polar surface area (TPSA) is 101 Å². The molecular formula is C18H14F3N3O4S. The van der Waals surface area contributed by atoms with Crippen molar-refractivity contribution in [2.75, 3.05) is 4.72 Å². The van der Waals surface area contributed by atoms with Crippen LogP contribution in [0.2, 0.25) is 0 Å². The Kier molecular flexibility index (Phi) is 5.59. The average molecular weight is 425 g/mol. The molecule has 0 bridgehead atoms. The number of amides is 1. The van der Waals surface area contributed by atoms with Crippen molar-refractivity contribution in [3.8, 4) is 0 Å². The van der Waals surface area contributed by atoms with Gasteiger partial charge in [-0.2, -0.15) is 13.2 Å². The van der Waals surface area contributed by atoms with E-state index in [2.05, 4.69) is 19.7 Å². The minimum absolute atomic E-state index is 0.0170. The molecule has 1 aromatic heterocycles. The molecule has 0 aliphatic heterocycles. The number of carbonyl (C=O) groups excluding carboxylic acids is 1. The lowest BCUT2D eigenvalue weighted by molar-refractivity contribution is -0.137. The first-order valence-electron chi connectivity index (χ1n) is 8.13. The van der Waals surface area contributed by atoms with Crippen LogP contribution in [0.15, 0.2) is 70.3 Å². The molecule has 0 radical (unpaired) electrons. The van der Waals surface area contributed by atoms with E-state index >= 15 is 0 Å². The van der Waals surface area contributed by atoms with Crippen LogP contribution in [0.5, 0.6) is 0 Å². The highest BCUT2D eigenvalue weighted by molar-refractivity contribution is 7.92. The van der Waals surface area contributed by atoms with Crippen LogP contribution >= 0.6 is 0 Å². The maximum Gasteiger partial charge on any atom is 0.416 e. The van der Waals surface area contributed by atoms with Gasteiger partial charge in [-0.3, -0.25) is 9.52 Å². The third-order valence-corrected chi connectivity index (χ3v) is 5.21. The number of sulfonamides is 1. The van der Waals surface area contributed by atoms with Crippen LogP contribution in [0, 0.1) is 0 Å². The van der Waals surface area contributed by atoms with Gasteiger partial charge in [0.25, 0.3) is 15.9 Å². The molecule has 0 aliphatic rings. The first kappa shape index (κ1) is 20.4. The number of alkyl halides is 3. The molecule has 3 aromatic rings. The molecule has 7 nitrogen and oxygen atoms in total. The molecule has 0 saturated heterocycles. The molecule has 2 N–H and O–H groups in total. The van der Waals surface area contributed by atoms with Gasteiger partial charge in [0.05, 0.1) is 10.5 Å². The van der Waals surface area contributed by atoms with Gasteiger partial charge < -0.3 is 9.84 Å². The Morgan fingerprint density at radius 3 is 2.21 bits per heavy atom. The first-order chi connectivity index (χ1) is 13.6. The Morgan fingerprint density at radius 1 is 1.00 bits per heavy atom. The summed E-state index contributed by atoms with van der Waals surface area (Å²) in [6.07, 6.45) is -3.21. The third-order valence-electron chi connectivity index (χ3n) is 3.84. The van der Waals surface area contributed by atoms with Gasteiger partial charge in [-0.15, -0.1) is 0 Å². The molecule has 0 atom stereocenters. The van der Waals surface area contributed by atoms with Gasteiger partial charge in [-0.25, -0.2) is 8.42 Å². The van der Waals surface area contributed by atoms with E-state index in [-0.39, 0.29) is 22.8 Å². The number of carbonyl (C=O) groups is 1. The lowest BCUT2D eigenvalue weighted by atomic mass is 10.1. The number of nitrogens with one attached hydrogen (secondary N) is 2. The minimum atomic E-state index is -4.42. The maximum absolute atomic E-state index is 12.6. The molecule has 0 fully saturated rings. The highest BCUT2D eigenvalue weighted by atomic mass is 32.2. The van der Waals surface area contributed by atoms with E-state index in [0.29, 0.717) is 5.56 Å².